The van der Waals surface area contributed by atoms with E-state index in [2.05, 4.69) is 11.2 Å². The summed E-state index contributed by atoms with van der Waals surface area (Å²) in [6.07, 6.45) is 5.05. The average molecular weight is 261 g/mol. The lowest BCUT2D eigenvalue weighted by Gasteiger charge is -2.13. The summed E-state index contributed by atoms with van der Waals surface area (Å²) in [7, 11) is 1.51. The molecule has 0 radical (unpaired) electrons. The van der Waals surface area contributed by atoms with Crippen molar-refractivity contribution in [3.8, 4) is 18.1 Å². The van der Waals surface area contributed by atoms with Crippen LogP contribution in [0.15, 0.2) is 24.3 Å². The Morgan fingerprint density at radius 2 is 2.16 bits per heavy atom. The van der Waals surface area contributed by atoms with Crippen LogP contribution in [0.25, 0.3) is 0 Å². The van der Waals surface area contributed by atoms with E-state index in [0.29, 0.717) is 11.3 Å². The minimum absolute atomic E-state index is 0.0400. The van der Waals surface area contributed by atoms with Gasteiger partial charge in [0.2, 0.25) is 5.91 Å². The Morgan fingerprint density at radius 3 is 2.74 bits per heavy atom. The molecule has 0 heterocycles. The van der Waals surface area contributed by atoms with Crippen LogP contribution in [0.1, 0.15) is 12.0 Å². The molecule has 1 amide bonds. The SMILES string of the molecule is C#CCC(NC(=O)Cc1ccccc1OC)C(=O)O. The van der Waals surface area contributed by atoms with Gasteiger partial charge in [0.15, 0.2) is 0 Å². The third-order valence-corrected chi connectivity index (χ3v) is 2.50. The summed E-state index contributed by atoms with van der Waals surface area (Å²) in [6, 6.07) is 5.99. The monoisotopic (exact) mass is 261 g/mol. The molecule has 0 aromatic heterocycles. The minimum Gasteiger partial charge on any atom is -0.496 e. The van der Waals surface area contributed by atoms with Gasteiger partial charge in [0.25, 0.3) is 0 Å². The molecule has 5 heteroatoms. The Kier molecular flexibility index (Phi) is 5.42. The highest BCUT2D eigenvalue weighted by Gasteiger charge is 2.19. The van der Waals surface area contributed by atoms with Crippen LogP contribution in [0.3, 0.4) is 0 Å². The van der Waals surface area contributed by atoms with Gasteiger partial charge in [0, 0.05) is 12.0 Å². The number of rotatable bonds is 6. The molecule has 0 saturated heterocycles. The van der Waals surface area contributed by atoms with Gasteiger partial charge < -0.3 is 15.2 Å². The number of carboxylic acids is 1. The molecule has 1 rings (SSSR count). The van der Waals surface area contributed by atoms with Gasteiger partial charge in [-0.15, -0.1) is 12.3 Å². The second-order valence-electron chi connectivity index (χ2n) is 3.86. The number of hydrogen-bond acceptors (Lipinski definition) is 3. The molecule has 0 bridgehead atoms. The molecule has 0 spiro atoms. The molecule has 100 valence electrons. The van der Waals surface area contributed by atoms with Gasteiger partial charge in [-0.05, 0) is 6.07 Å². The van der Waals surface area contributed by atoms with E-state index in [9.17, 15) is 9.59 Å². The van der Waals surface area contributed by atoms with E-state index in [1.165, 1.54) is 7.11 Å². The van der Waals surface area contributed by atoms with Crippen LogP contribution in [0, 0.1) is 12.3 Å². The van der Waals surface area contributed by atoms with Crippen LogP contribution in [0.4, 0.5) is 0 Å². The highest BCUT2D eigenvalue weighted by atomic mass is 16.5. The predicted octanol–water partition coefficient (Wildman–Crippen LogP) is 0.830. The number of para-hydroxylation sites is 1. The van der Waals surface area contributed by atoms with Crippen LogP contribution in [-0.4, -0.2) is 30.1 Å². The molecule has 2 N–H and O–H groups in total. The molecule has 0 aliphatic carbocycles. The number of terminal acetylenes is 1. The van der Waals surface area contributed by atoms with E-state index in [1.54, 1.807) is 24.3 Å². The summed E-state index contributed by atoms with van der Waals surface area (Å²) in [5, 5.41) is 11.3. The Hall–Kier alpha value is -2.48. The number of nitrogens with one attached hydrogen (secondary N) is 1. The maximum Gasteiger partial charge on any atom is 0.327 e. The lowest BCUT2D eigenvalue weighted by molar-refractivity contribution is -0.141. The zero-order valence-corrected chi connectivity index (χ0v) is 10.6. The molecule has 1 aromatic carbocycles. The van der Waals surface area contributed by atoms with E-state index >= 15 is 0 Å². The van der Waals surface area contributed by atoms with Gasteiger partial charge in [-0.25, -0.2) is 4.79 Å². The van der Waals surface area contributed by atoms with Gasteiger partial charge in [0.05, 0.1) is 13.5 Å². The number of carbonyl (C=O) groups excluding carboxylic acids is 1. The molecule has 0 aliphatic rings. The zero-order valence-electron chi connectivity index (χ0n) is 10.6. The molecule has 0 aliphatic heterocycles. The summed E-state index contributed by atoms with van der Waals surface area (Å²) in [5.41, 5.74) is 0.687. The lowest BCUT2D eigenvalue weighted by atomic mass is 10.1. The normalized spacial score (nSPS) is 11.2. The molecular weight excluding hydrogens is 246 g/mol. The Labute approximate surface area is 111 Å². The highest BCUT2D eigenvalue weighted by Crippen LogP contribution is 2.17. The van der Waals surface area contributed by atoms with Crippen molar-refractivity contribution in [2.24, 2.45) is 0 Å². The van der Waals surface area contributed by atoms with Crippen molar-refractivity contribution in [1.29, 1.82) is 0 Å². The molecular formula is C14H15NO4. The second-order valence-corrected chi connectivity index (χ2v) is 3.86. The van der Waals surface area contributed by atoms with E-state index in [0.717, 1.165) is 0 Å². The van der Waals surface area contributed by atoms with Gasteiger partial charge in [-0.1, -0.05) is 18.2 Å². The number of carbonyl (C=O) groups is 2. The minimum atomic E-state index is -1.15. The Bertz CT molecular complexity index is 504. The topological polar surface area (TPSA) is 75.6 Å². The van der Waals surface area contributed by atoms with E-state index in [4.69, 9.17) is 16.3 Å². The molecule has 1 unspecified atom stereocenters. The summed E-state index contributed by atoms with van der Waals surface area (Å²) in [6.45, 7) is 0. The third kappa shape index (κ3) is 4.36. The molecule has 19 heavy (non-hydrogen) atoms. The zero-order chi connectivity index (χ0) is 14.3. The van der Waals surface area contributed by atoms with Crippen LogP contribution >= 0.6 is 0 Å². The first-order valence-electron chi connectivity index (χ1n) is 5.66. The number of carboxylic acid groups (broad SMARTS) is 1. The van der Waals surface area contributed by atoms with E-state index in [-0.39, 0.29) is 12.8 Å². The molecule has 1 aromatic rings. The predicted molar refractivity (Wildman–Crippen MR) is 69.7 cm³/mol. The first kappa shape index (κ1) is 14.6. The number of ether oxygens (including phenoxy) is 1. The van der Waals surface area contributed by atoms with Gasteiger partial charge in [0.1, 0.15) is 11.8 Å². The van der Waals surface area contributed by atoms with Crippen molar-refractivity contribution < 1.29 is 19.4 Å². The number of aliphatic carboxylic acids is 1. The fourth-order valence-corrected chi connectivity index (χ4v) is 1.59. The average Bonchev–Trinajstić information content (AvgIpc) is 2.38. The van der Waals surface area contributed by atoms with E-state index < -0.39 is 17.9 Å². The number of methoxy groups -OCH3 is 1. The largest absolute Gasteiger partial charge is 0.496 e. The summed E-state index contributed by atoms with van der Waals surface area (Å²) in [4.78, 5) is 22.6. The fraction of sp³-hybridized carbons (Fsp3) is 0.286. The molecule has 5 nitrogen and oxygen atoms in total. The maximum atomic E-state index is 11.8. The van der Waals surface area contributed by atoms with Crippen molar-refractivity contribution in [1.82, 2.24) is 5.32 Å². The van der Waals surface area contributed by atoms with Crippen molar-refractivity contribution in [2.75, 3.05) is 7.11 Å². The van der Waals surface area contributed by atoms with Gasteiger partial charge in [-0.3, -0.25) is 4.79 Å². The van der Waals surface area contributed by atoms with Gasteiger partial charge >= 0.3 is 5.97 Å². The maximum absolute atomic E-state index is 11.8. The number of amides is 1. The first-order valence-corrected chi connectivity index (χ1v) is 5.66. The number of hydrogen-bond donors (Lipinski definition) is 2. The summed E-state index contributed by atoms with van der Waals surface area (Å²) in [5.74, 6) is 1.25. The molecule has 0 fully saturated rings. The van der Waals surface area contributed by atoms with Gasteiger partial charge in [-0.2, -0.15) is 0 Å². The quantitative estimate of drug-likeness (QED) is 0.744. The third-order valence-electron chi connectivity index (χ3n) is 2.50. The van der Waals surface area contributed by atoms with Crippen LogP contribution in [-0.2, 0) is 16.0 Å². The lowest BCUT2D eigenvalue weighted by Crippen LogP contribution is -2.41. The standard InChI is InChI=1S/C14H15NO4/c1-3-6-11(14(17)18)15-13(16)9-10-7-4-5-8-12(10)19-2/h1,4-5,7-8,11H,6,9H2,2H3,(H,15,16)(H,17,18). The van der Waals surface area contributed by atoms with Crippen LogP contribution in [0.2, 0.25) is 0 Å². The summed E-state index contributed by atoms with van der Waals surface area (Å²) >= 11 is 0. The smallest absolute Gasteiger partial charge is 0.327 e. The van der Waals surface area contributed by atoms with Crippen molar-refractivity contribution >= 4 is 11.9 Å². The fourth-order valence-electron chi connectivity index (χ4n) is 1.59. The Balaban J connectivity index is 2.69. The second kappa shape index (κ2) is 7.07. The first-order chi connectivity index (χ1) is 9.08. The Morgan fingerprint density at radius 1 is 1.47 bits per heavy atom. The summed E-state index contributed by atoms with van der Waals surface area (Å²) < 4.78 is 5.12. The van der Waals surface area contributed by atoms with Crippen LogP contribution in [0.5, 0.6) is 5.75 Å². The molecule has 0 saturated carbocycles. The van der Waals surface area contributed by atoms with Crippen LogP contribution < -0.4 is 10.1 Å². The van der Waals surface area contributed by atoms with E-state index in [1.807, 2.05) is 0 Å². The highest BCUT2D eigenvalue weighted by molar-refractivity contribution is 5.85. The number of benzene rings is 1. The molecule has 1 atom stereocenters. The van der Waals surface area contributed by atoms with Crippen molar-refractivity contribution in [3.63, 3.8) is 0 Å². The van der Waals surface area contributed by atoms with Crippen molar-refractivity contribution in [3.05, 3.63) is 29.8 Å². The van der Waals surface area contributed by atoms with Crippen molar-refractivity contribution in [2.45, 2.75) is 18.9 Å².